The summed E-state index contributed by atoms with van der Waals surface area (Å²) in [7, 11) is 0. The average molecular weight is 202 g/mol. The van der Waals surface area contributed by atoms with Gasteiger partial charge < -0.3 is 4.74 Å². The molecule has 0 saturated heterocycles. The fourth-order valence-corrected chi connectivity index (χ4v) is 1.06. The molecule has 1 aromatic heterocycles. The summed E-state index contributed by atoms with van der Waals surface area (Å²) in [6.07, 6.45) is 0. The zero-order chi connectivity index (χ0) is 9.84. The zero-order valence-corrected chi connectivity index (χ0v) is 8.17. The van der Waals surface area contributed by atoms with Gasteiger partial charge in [-0.15, -0.1) is 0 Å². The molecule has 7 heteroatoms. The zero-order valence-electron chi connectivity index (χ0n) is 7.35. The van der Waals surface area contributed by atoms with Gasteiger partial charge in [-0.3, -0.25) is 0 Å². The van der Waals surface area contributed by atoms with Crippen LogP contribution in [0, 0.1) is 4.77 Å². The number of tetrazole rings is 1. The van der Waals surface area contributed by atoms with E-state index < -0.39 is 6.04 Å². The number of rotatable bonds is 3. The van der Waals surface area contributed by atoms with Crippen LogP contribution in [0.5, 0.6) is 0 Å². The Kier molecular flexibility index (Phi) is 3.13. The van der Waals surface area contributed by atoms with Crippen LogP contribution in [0.15, 0.2) is 0 Å². The van der Waals surface area contributed by atoms with Gasteiger partial charge in [-0.2, -0.15) is 5.21 Å². The van der Waals surface area contributed by atoms with Crippen LogP contribution in [0.1, 0.15) is 19.9 Å². The second kappa shape index (κ2) is 4.13. The number of H-pyrrole nitrogens is 1. The van der Waals surface area contributed by atoms with Gasteiger partial charge in [-0.05, 0) is 26.1 Å². The summed E-state index contributed by atoms with van der Waals surface area (Å²) in [4.78, 5) is 11.2. The Bertz CT molecular complexity index is 344. The molecule has 1 aromatic rings. The van der Waals surface area contributed by atoms with Gasteiger partial charge in [-0.1, -0.05) is 10.3 Å². The number of ether oxygens (including phenoxy) is 1. The van der Waals surface area contributed by atoms with Gasteiger partial charge in [0.05, 0.1) is 6.61 Å². The molecule has 1 unspecified atom stereocenters. The first kappa shape index (κ1) is 9.85. The van der Waals surface area contributed by atoms with Crippen molar-refractivity contribution < 1.29 is 9.53 Å². The number of aromatic nitrogens is 4. The summed E-state index contributed by atoms with van der Waals surface area (Å²) in [5.74, 6) is -0.357. The van der Waals surface area contributed by atoms with Crippen LogP contribution in [0.2, 0.25) is 0 Å². The molecule has 0 radical (unpaired) electrons. The van der Waals surface area contributed by atoms with E-state index in [-0.39, 0.29) is 10.7 Å². The van der Waals surface area contributed by atoms with Crippen LogP contribution < -0.4 is 0 Å². The van der Waals surface area contributed by atoms with E-state index in [1.54, 1.807) is 13.8 Å². The second-order valence-corrected chi connectivity index (χ2v) is 2.75. The van der Waals surface area contributed by atoms with E-state index in [0.717, 1.165) is 0 Å². The van der Waals surface area contributed by atoms with E-state index in [4.69, 9.17) is 17.0 Å². The van der Waals surface area contributed by atoms with Crippen molar-refractivity contribution in [2.75, 3.05) is 6.61 Å². The molecule has 0 bridgehead atoms. The van der Waals surface area contributed by atoms with Crippen LogP contribution >= 0.6 is 12.2 Å². The number of carbonyl (C=O) groups excluding carboxylic acids is 1. The van der Waals surface area contributed by atoms with Crippen molar-refractivity contribution in [3.63, 3.8) is 0 Å². The van der Waals surface area contributed by atoms with Crippen molar-refractivity contribution in [2.45, 2.75) is 19.9 Å². The summed E-state index contributed by atoms with van der Waals surface area (Å²) in [6, 6.07) is -0.512. The van der Waals surface area contributed by atoms with Crippen molar-refractivity contribution in [1.82, 2.24) is 20.2 Å². The molecule has 0 amide bonds. The van der Waals surface area contributed by atoms with Gasteiger partial charge in [-0.25, -0.2) is 9.48 Å². The van der Waals surface area contributed by atoms with Gasteiger partial charge in [0.25, 0.3) is 0 Å². The third-order valence-electron chi connectivity index (χ3n) is 1.51. The van der Waals surface area contributed by atoms with Gasteiger partial charge in [0.15, 0.2) is 0 Å². The standard InChI is InChI=1S/C6H10N4O2S/c1-3-12-5(11)4(2)10-6(13)7-8-9-10/h4H,3H2,1-2H3,(H,7,9,13). The molecule has 0 fully saturated rings. The van der Waals surface area contributed by atoms with E-state index in [0.29, 0.717) is 6.61 Å². The Labute approximate surface area is 79.9 Å². The average Bonchev–Trinajstić information content (AvgIpc) is 2.50. The molecule has 6 nitrogen and oxygen atoms in total. The largest absolute Gasteiger partial charge is 0.464 e. The maximum Gasteiger partial charge on any atom is 0.330 e. The first-order chi connectivity index (χ1) is 6.16. The smallest absolute Gasteiger partial charge is 0.330 e. The first-order valence-corrected chi connectivity index (χ1v) is 4.24. The van der Waals surface area contributed by atoms with E-state index in [1.807, 2.05) is 0 Å². The number of hydrogen-bond acceptors (Lipinski definition) is 5. The van der Waals surface area contributed by atoms with Crippen molar-refractivity contribution in [3.8, 4) is 0 Å². The second-order valence-electron chi connectivity index (χ2n) is 2.38. The molecular formula is C6H10N4O2S. The minimum absolute atomic E-state index is 0.237. The number of nitrogens with one attached hydrogen (secondary N) is 1. The number of hydrogen-bond donors (Lipinski definition) is 1. The van der Waals surface area contributed by atoms with Crippen molar-refractivity contribution in [1.29, 1.82) is 0 Å². The lowest BCUT2D eigenvalue weighted by Crippen LogP contribution is -2.20. The molecule has 0 aliphatic carbocycles. The Morgan fingerprint density at radius 2 is 2.54 bits per heavy atom. The Morgan fingerprint density at radius 1 is 1.85 bits per heavy atom. The highest BCUT2D eigenvalue weighted by Gasteiger charge is 2.17. The van der Waals surface area contributed by atoms with E-state index >= 15 is 0 Å². The molecule has 0 aliphatic rings. The predicted molar refractivity (Wildman–Crippen MR) is 46.6 cm³/mol. The molecule has 1 heterocycles. The number of nitrogens with zero attached hydrogens (tertiary/aromatic N) is 3. The number of carbonyl (C=O) groups is 1. The quantitative estimate of drug-likeness (QED) is 0.569. The predicted octanol–water partition coefficient (Wildman–Crippen LogP) is 0.460. The van der Waals surface area contributed by atoms with Crippen LogP contribution in [-0.2, 0) is 9.53 Å². The number of aromatic amines is 1. The highest BCUT2D eigenvalue weighted by Crippen LogP contribution is 2.04. The summed E-state index contributed by atoms with van der Waals surface area (Å²) >= 11 is 4.82. The monoisotopic (exact) mass is 202 g/mol. The lowest BCUT2D eigenvalue weighted by molar-refractivity contribution is -0.146. The fourth-order valence-electron chi connectivity index (χ4n) is 0.825. The van der Waals surface area contributed by atoms with E-state index in [1.165, 1.54) is 4.68 Å². The van der Waals surface area contributed by atoms with Crippen LogP contribution in [0.25, 0.3) is 0 Å². The maximum absolute atomic E-state index is 11.2. The third-order valence-corrected chi connectivity index (χ3v) is 1.79. The normalized spacial score (nSPS) is 12.5. The molecule has 0 spiro atoms. The van der Waals surface area contributed by atoms with Gasteiger partial charge in [0.2, 0.25) is 4.77 Å². The van der Waals surface area contributed by atoms with Crippen LogP contribution in [0.3, 0.4) is 0 Å². The SMILES string of the molecule is CCOC(=O)C(C)n1[nH]nnc1=S. The van der Waals surface area contributed by atoms with Gasteiger partial charge in [0.1, 0.15) is 6.04 Å². The maximum atomic E-state index is 11.2. The first-order valence-electron chi connectivity index (χ1n) is 3.83. The van der Waals surface area contributed by atoms with Crippen LogP contribution in [-0.4, -0.2) is 32.8 Å². The molecule has 1 atom stereocenters. The lowest BCUT2D eigenvalue weighted by Gasteiger charge is -2.09. The minimum atomic E-state index is -0.512. The van der Waals surface area contributed by atoms with Crippen molar-refractivity contribution in [2.24, 2.45) is 0 Å². The third kappa shape index (κ3) is 2.11. The van der Waals surface area contributed by atoms with Crippen LogP contribution in [0.4, 0.5) is 0 Å². The Morgan fingerprint density at radius 3 is 3.00 bits per heavy atom. The summed E-state index contributed by atoms with van der Waals surface area (Å²) in [5, 5.41) is 9.50. The molecule has 1 N–H and O–H groups in total. The van der Waals surface area contributed by atoms with Crippen molar-refractivity contribution in [3.05, 3.63) is 4.77 Å². The molecular weight excluding hydrogens is 192 g/mol. The highest BCUT2D eigenvalue weighted by molar-refractivity contribution is 7.71. The summed E-state index contributed by atoms with van der Waals surface area (Å²) in [6.45, 7) is 3.75. The number of esters is 1. The van der Waals surface area contributed by atoms with Gasteiger partial charge in [0, 0.05) is 0 Å². The summed E-state index contributed by atoms with van der Waals surface area (Å²) < 4.78 is 6.41. The lowest BCUT2D eigenvalue weighted by atomic mass is 10.3. The molecule has 0 aliphatic heterocycles. The van der Waals surface area contributed by atoms with Crippen molar-refractivity contribution >= 4 is 18.2 Å². The molecule has 72 valence electrons. The molecule has 0 aromatic carbocycles. The van der Waals surface area contributed by atoms with E-state index in [9.17, 15) is 4.79 Å². The Balaban J connectivity index is 2.79. The topological polar surface area (TPSA) is 72.8 Å². The molecule has 13 heavy (non-hydrogen) atoms. The Hall–Kier alpha value is -1.24. The summed E-state index contributed by atoms with van der Waals surface area (Å²) in [5.41, 5.74) is 0. The highest BCUT2D eigenvalue weighted by atomic mass is 32.1. The molecule has 1 rings (SSSR count). The van der Waals surface area contributed by atoms with Gasteiger partial charge >= 0.3 is 5.97 Å². The molecule has 0 saturated carbocycles. The minimum Gasteiger partial charge on any atom is -0.464 e. The van der Waals surface area contributed by atoms with E-state index in [2.05, 4.69) is 15.5 Å². The fraction of sp³-hybridized carbons (Fsp3) is 0.667.